The van der Waals surface area contributed by atoms with Crippen LogP contribution in [-0.4, -0.2) is 91.3 Å². The lowest BCUT2D eigenvalue weighted by Gasteiger charge is -2.35. The van der Waals surface area contributed by atoms with Crippen LogP contribution < -0.4 is 5.32 Å². The number of nitrogens with zero attached hydrogens (tertiary/aromatic N) is 3. The fourth-order valence-corrected chi connectivity index (χ4v) is 4.00. The molecular formula is C20H32N4O2. The zero-order valence-electron chi connectivity index (χ0n) is 15.6. The van der Waals surface area contributed by atoms with Gasteiger partial charge in [0.15, 0.2) is 0 Å². The lowest BCUT2D eigenvalue weighted by molar-refractivity contribution is 0.121. The summed E-state index contributed by atoms with van der Waals surface area (Å²) in [6, 6.07) is 10.8. The molecule has 6 nitrogen and oxygen atoms in total. The molecule has 0 saturated carbocycles. The van der Waals surface area contributed by atoms with E-state index in [0.29, 0.717) is 19.0 Å². The van der Waals surface area contributed by atoms with Gasteiger partial charge in [-0.2, -0.15) is 0 Å². The minimum atomic E-state index is 0.0465. The zero-order chi connectivity index (χ0) is 18.2. The van der Waals surface area contributed by atoms with Crippen molar-refractivity contribution < 1.29 is 9.90 Å². The number of urea groups is 1. The van der Waals surface area contributed by atoms with Crippen molar-refractivity contribution in [2.24, 2.45) is 0 Å². The Balaban J connectivity index is 1.36. The third kappa shape index (κ3) is 5.43. The molecule has 1 unspecified atom stereocenters. The third-order valence-electron chi connectivity index (χ3n) is 5.56. The second kappa shape index (κ2) is 9.90. The fraction of sp³-hybridized carbons (Fsp3) is 0.650. The molecule has 3 rings (SSSR count). The number of carbonyl (C=O) groups is 1. The van der Waals surface area contributed by atoms with Crippen LogP contribution in [0.15, 0.2) is 30.3 Å². The summed E-state index contributed by atoms with van der Waals surface area (Å²) >= 11 is 0. The van der Waals surface area contributed by atoms with Gasteiger partial charge in [0.1, 0.15) is 0 Å². The number of aliphatic hydroxyl groups excluding tert-OH is 1. The van der Waals surface area contributed by atoms with Gasteiger partial charge < -0.3 is 20.2 Å². The Bertz CT molecular complexity index is 546. The molecule has 26 heavy (non-hydrogen) atoms. The maximum Gasteiger partial charge on any atom is 0.317 e. The fourth-order valence-electron chi connectivity index (χ4n) is 4.00. The van der Waals surface area contributed by atoms with Crippen molar-refractivity contribution in [3.8, 4) is 0 Å². The number of β-amino-alcohol motifs (C(OH)–C–C–N with tert-alkyl or cyclic N) is 1. The topological polar surface area (TPSA) is 59.1 Å². The van der Waals surface area contributed by atoms with Gasteiger partial charge in [0.05, 0.1) is 6.61 Å². The van der Waals surface area contributed by atoms with Gasteiger partial charge in [0, 0.05) is 52.4 Å². The molecule has 2 aliphatic heterocycles. The van der Waals surface area contributed by atoms with Crippen molar-refractivity contribution in [1.82, 2.24) is 20.0 Å². The molecule has 0 aromatic heterocycles. The summed E-state index contributed by atoms with van der Waals surface area (Å²) < 4.78 is 0. The van der Waals surface area contributed by atoms with E-state index in [1.165, 1.54) is 18.4 Å². The van der Waals surface area contributed by atoms with Crippen molar-refractivity contribution in [2.75, 3.05) is 65.5 Å². The van der Waals surface area contributed by atoms with Crippen LogP contribution in [0.4, 0.5) is 4.79 Å². The second-order valence-electron chi connectivity index (χ2n) is 7.33. The van der Waals surface area contributed by atoms with Gasteiger partial charge in [-0.05, 0) is 30.9 Å². The minimum absolute atomic E-state index is 0.0465. The monoisotopic (exact) mass is 360 g/mol. The van der Waals surface area contributed by atoms with Crippen LogP contribution in [0.2, 0.25) is 0 Å². The Morgan fingerprint density at radius 1 is 1.04 bits per heavy atom. The average molecular weight is 361 g/mol. The van der Waals surface area contributed by atoms with E-state index in [1.807, 2.05) is 4.90 Å². The first-order valence-corrected chi connectivity index (χ1v) is 9.89. The van der Waals surface area contributed by atoms with Crippen molar-refractivity contribution in [3.05, 3.63) is 35.9 Å². The number of nitrogens with one attached hydrogen (secondary N) is 1. The van der Waals surface area contributed by atoms with E-state index in [-0.39, 0.29) is 12.6 Å². The van der Waals surface area contributed by atoms with Crippen LogP contribution in [0.25, 0.3) is 0 Å². The molecule has 1 aromatic carbocycles. The van der Waals surface area contributed by atoms with Gasteiger partial charge in [-0.3, -0.25) is 4.90 Å². The number of amides is 2. The normalized spacial score (nSPS) is 22.3. The number of hydrogen-bond donors (Lipinski definition) is 2. The molecule has 0 bridgehead atoms. The predicted molar refractivity (Wildman–Crippen MR) is 103 cm³/mol. The summed E-state index contributed by atoms with van der Waals surface area (Å²) in [4.78, 5) is 18.9. The maximum atomic E-state index is 12.3. The van der Waals surface area contributed by atoms with E-state index in [4.69, 9.17) is 5.11 Å². The summed E-state index contributed by atoms with van der Waals surface area (Å²) in [6.45, 7) is 7.89. The van der Waals surface area contributed by atoms with Crippen LogP contribution in [0.5, 0.6) is 0 Å². The van der Waals surface area contributed by atoms with Gasteiger partial charge in [0.2, 0.25) is 0 Å². The molecule has 2 aliphatic rings. The number of benzene rings is 1. The first-order chi connectivity index (χ1) is 12.8. The maximum absolute atomic E-state index is 12.3. The Hall–Kier alpha value is -1.63. The highest BCUT2D eigenvalue weighted by Crippen LogP contribution is 2.26. The van der Waals surface area contributed by atoms with Gasteiger partial charge >= 0.3 is 6.03 Å². The predicted octanol–water partition coefficient (Wildman–Crippen LogP) is 1.19. The van der Waals surface area contributed by atoms with E-state index in [9.17, 15) is 4.79 Å². The van der Waals surface area contributed by atoms with Crippen molar-refractivity contribution in [3.63, 3.8) is 0 Å². The molecule has 2 fully saturated rings. The molecule has 2 amide bonds. The first-order valence-electron chi connectivity index (χ1n) is 9.89. The molecule has 0 spiro atoms. The van der Waals surface area contributed by atoms with E-state index in [2.05, 4.69) is 45.4 Å². The molecule has 1 aromatic rings. The lowest BCUT2D eigenvalue weighted by Crippen LogP contribution is -2.53. The Morgan fingerprint density at radius 3 is 2.54 bits per heavy atom. The highest BCUT2D eigenvalue weighted by atomic mass is 16.3. The van der Waals surface area contributed by atoms with Crippen LogP contribution in [-0.2, 0) is 0 Å². The zero-order valence-corrected chi connectivity index (χ0v) is 15.6. The second-order valence-corrected chi connectivity index (χ2v) is 7.33. The number of aliphatic hydroxyl groups is 1. The first kappa shape index (κ1) is 19.1. The standard InChI is InChI=1S/C20H32N4O2/c25-16-15-22-11-13-24(14-12-22)20(26)21-8-10-23-9-4-7-19(17-23)18-5-2-1-3-6-18/h1-3,5-6,19,25H,4,7-17H2,(H,21,26). The van der Waals surface area contributed by atoms with Gasteiger partial charge in [-0.25, -0.2) is 4.79 Å². The summed E-state index contributed by atoms with van der Waals surface area (Å²) in [5.41, 5.74) is 1.43. The largest absolute Gasteiger partial charge is 0.395 e. The van der Waals surface area contributed by atoms with Gasteiger partial charge in [0.25, 0.3) is 0 Å². The molecule has 2 heterocycles. The highest BCUT2D eigenvalue weighted by Gasteiger charge is 2.22. The quantitative estimate of drug-likeness (QED) is 0.800. The third-order valence-corrected chi connectivity index (χ3v) is 5.56. The number of likely N-dealkylation sites (tertiary alicyclic amines) is 1. The number of hydrogen-bond acceptors (Lipinski definition) is 4. The van der Waals surface area contributed by atoms with E-state index in [0.717, 1.165) is 45.8 Å². The number of carbonyl (C=O) groups excluding carboxylic acids is 1. The summed E-state index contributed by atoms with van der Waals surface area (Å²) in [5.74, 6) is 0.611. The molecule has 1 atom stereocenters. The van der Waals surface area contributed by atoms with Gasteiger partial charge in [-0.1, -0.05) is 30.3 Å². The Labute approximate surface area is 156 Å². The van der Waals surface area contributed by atoms with Crippen LogP contribution in [0, 0.1) is 0 Å². The number of piperidine rings is 1. The van der Waals surface area contributed by atoms with Crippen LogP contribution >= 0.6 is 0 Å². The Morgan fingerprint density at radius 2 is 1.81 bits per heavy atom. The number of piperazine rings is 1. The minimum Gasteiger partial charge on any atom is -0.395 e. The van der Waals surface area contributed by atoms with Crippen LogP contribution in [0.1, 0.15) is 24.3 Å². The molecule has 0 radical (unpaired) electrons. The molecule has 0 aliphatic carbocycles. The SMILES string of the molecule is O=C(NCCN1CCCC(c2ccccc2)C1)N1CCN(CCO)CC1. The molecule has 2 saturated heterocycles. The van der Waals surface area contributed by atoms with E-state index >= 15 is 0 Å². The molecule has 6 heteroatoms. The molecule has 144 valence electrons. The lowest BCUT2D eigenvalue weighted by atomic mass is 9.91. The average Bonchev–Trinajstić information content (AvgIpc) is 2.70. The van der Waals surface area contributed by atoms with Crippen molar-refractivity contribution >= 4 is 6.03 Å². The Kier molecular flexibility index (Phi) is 7.29. The van der Waals surface area contributed by atoms with Crippen molar-refractivity contribution in [2.45, 2.75) is 18.8 Å². The smallest absolute Gasteiger partial charge is 0.317 e. The van der Waals surface area contributed by atoms with E-state index in [1.54, 1.807) is 0 Å². The summed E-state index contributed by atoms with van der Waals surface area (Å²) in [5, 5.41) is 12.1. The highest BCUT2D eigenvalue weighted by molar-refractivity contribution is 5.74. The summed E-state index contributed by atoms with van der Waals surface area (Å²) in [6.07, 6.45) is 2.48. The molecule has 2 N–H and O–H groups in total. The van der Waals surface area contributed by atoms with Crippen molar-refractivity contribution in [1.29, 1.82) is 0 Å². The number of rotatable bonds is 6. The van der Waals surface area contributed by atoms with Crippen LogP contribution in [0.3, 0.4) is 0 Å². The van der Waals surface area contributed by atoms with E-state index < -0.39 is 0 Å². The summed E-state index contributed by atoms with van der Waals surface area (Å²) in [7, 11) is 0. The van der Waals surface area contributed by atoms with Gasteiger partial charge in [-0.15, -0.1) is 0 Å². The molecular weight excluding hydrogens is 328 g/mol.